The van der Waals surface area contributed by atoms with Crippen molar-refractivity contribution in [2.75, 3.05) is 5.32 Å². The van der Waals surface area contributed by atoms with E-state index in [1.165, 1.54) is 11.5 Å². The third-order valence-electron chi connectivity index (χ3n) is 4.83. The normalized spacial score (nSPS) is 11.9. The van der Waals surface area contributed by atoms with E-state index in [1.54, 1.807) is 42.5 Å². The van der Waals surface area contributed by atoms with E-state index in [0.29, 0.717) is 21.5 Å². The molecule has 1 aromatic heterocycles. The summed E-state index contributed by atoms with van der Waals surface area (Å²) >= 11 is 12.3. The monoisotopic (exact) mass is 506 g/mol. The first-order chi connectivity index (χ1) is 16.0. The summed E-state index contributed by atoms with van der Waals surface area (Å²) in [5, 5.41) is 13.1. The van der Waals surface area contributed by atoms with Gasteiger partial charge in [0.05, 0.1) is 23.6 Å². The van der Waals surface area contributed by atoms with Crippen molar-refractivity contribution < 1.29 is 14.6 Å². The van der Waals surface area contributed by atoms with E-state index >= 15 is 0 Å². The Morgan fingerprint density at radius 1 is 1.09 bits per heavy atom. The number of benzene rings is 2. The number of carbonyl (C=O) groups is 1. The summed E-state index contributed by atoms with van der Waals surface area (Å²) in [6, 6.07) is 11.8. The highest BCUT2D eigenvalue weighted by molar-refractivity contribution is 6.32. The van der Waals surface area contributed by atoms with Gasteiger partial charge in [-0.05, 0) is 49.7 Å². The molecular weight excluding hydrogens is 483 g/mol. The zero-order valence-corrected chi connectivity index (χ0v) is 20.3. The first-order valence-corrected chi connectivity index (χ1v) is 11.2. The Morgan fingerprint density at radius 2 is 1.76 bits per heavy atom. The van der Waals surface area contributed by atoms with Gasteiger partial charge in [-0.15, -0.1) is 0 Å². The summed E-state index contributed by atoms with van der Waals surface area (Å²) in [5.74, 6) is -1.61. The first-order valence-electron chi connectivity index (χ1n) is 10.5. The van der Waals surface area contributed by atoms with Gasteiger partial charge in [-0.2, -0.15) is 4.98 Å². The van der Waals surface area contributed by atoms with Gasteiger partial charge in [-0.25, -0.2) is 14.2 Å². The van der Waals surface area contributed by atoms with Crippen LogP contribution >= 0.6 is 23.2 Å². The minimum atomic E-state index is -1.13. The molecule has 9 nitrogen and oxygen atoms in total. The van der Waals surface area contributed by atoms with Crippen LogP contribution in [0.1, 0.15) is 26.3 Å². The molecule has 2 N–H and O–H groups in total. The number of aromatic nitrogens is 3. The maximum Gasteiger partial charge on any atom is 0.354 e. The lowest BCUT2D eigenvalue weighted by atomic mass is 10.2. The van der Waals surface area contributed by atoms with E-state index in [4.69, 9.17) is 27.9 Å². The lowest BCUT2D eigenvalue weighted by molar-refractivity contribution is -0.141. The Labute approximate surface area is 205 Å². The van der Waals surface area contributed by atoms with Crippen molar-refractivity contribution in [3.8, 4) is 5.75 Å². The number of carboxylic acids is 1. The van der Waals surface area contributed by atoms with Gasteiger partial charge in [-0.3, -0.25) is 9.36 Å². The van der Waals surface area contributed by atoms with E-state index in [-0.39, 0.29) is 25.1 Å². The van der Waals surface area contributed by atoms with E-state index < -0.39 is 23.3 Å². The Morgan fingerprint density at radius 3 is 2.35 bits per heavy atom. The van der Waals surface area contributed by atoms with Crippen LogP contribution in [-0.4, -0.2) is 31.3 Å². The fourth-order valence-corrected chi connectivity index (χ4v) is 3.46. The van der Waals surface area contributed by atoms with Crippen molar-refractivity contribution in [1.82, 2.24) is 14.1 Å². The SMILES string of the molecule is CC(C)Oc1ccc(Nc2nc(=O)n(C[C@@H](C)C(=O)O)c(=O)n2Cc2ccc(Cl)cc2)cc1Cl. The van der Waals surface area contributed by atoms with Crippen LogP contribution in [0, 0.1) is 5.92 Å². The maximum absolute atomic E-state index is 13.3. The Bertz CT molecular complexity index is 1300. The molecule has 0 saturated carbocycles. The molecule has 3 rings (SSSR count). The molecule has 0 fully saturated rings. The average molecular weight is 507 g/mol. The van der Waals surface area contributed by atoms with E-state index in [2.05, 4.69) is 10.3 Å². The van der Waals surface area contributed by atoms with Gasteiger partial charge in [-0.1, -0.05) is 42.3 Å². The molecule has 0 amide bonds. The van der Waals surface area contributed by atoms with Crippen molar-refractivity contribution in [3.63, 3.8) is 0 Å². The predicted molar refractivity (Wildman–Crippen MR) is 131 cm³/mol. The average Bonchev–Trinajstić information content (AvgIpc) is 2.76. The molecule has 34 heavy (non-hydrogen) atoms. The van der Waals surface area contributed by atoms with Gasteiger partial charge >= 0.3 is 17.3 Å². The fourth-order valence-electron chi connectivity index (χ4n) is 3.11. The summed E-state index contributed by atoms with van der Waals surface area (Å²) < 4.78 is 7.70. The van der Waals surface area contributed by atoms with Crippen molar-refractivity contribution in [3.05, 3.63) is 79.0 Å². The van der Waals surface area contributed by atoms with Crippen LogP contribution in [0.25, 0.3) is 0 Å². The molecule has 0 unspecified atom stereocenters. The van der Waals surface area contributed by atoms with Crippen LogP contribution in [0.3, 0.4) is 0 Å². The minimum Gasteiger partial charge on any atom is -0.489 e. The highest BCUT2D eigenvalue weighted by Crippen LogP contribution is 2.29. The highest BCUT2D eigenvalue weighted by atomic mass is 35.5. The van der Waals surface area contributed by atoms with Crippen molar-refractivity contribution in [2.24, 2.45) is 5.92 Å². The number of hydrogen-bond acceptors (Lipinski definition) is 6. The second-order valence-corrected chi connectivity index (χ2v) is 8.84. The van der Waals surface area contributed by atoms with Crippen LogP contribution < -0.4 is 21.4 Å². The summed E-state index contributed by atoms with van der Waals surface area (Å²) in [6.07, 6.45) is -0.0664. The second kappa shape index (κ2) is 10.8. The molecule has 0 aliphatic heterocycles. The molecule has 0 radical (unpaired) electrons. The highest BCUT2D eigenvalue weighted by Gasteiger charge is 2.19. The Balaban J connectivity index is 2.05. The number of aliphatic carboxylic acids is 1. The number of carboxylic acid groups (broad SMARTS) is 1. The standard InChI is InChI=1S/C23H24Cl2N4O5/c1-13(2)34-19-9-8-17(10-18(19)25)26-21-27-22(32)29(11-14(3)20(30)31)23(33)28(21)12-15-4-6-16(24)7-5-15/h4-10,13-14H,11-12H2,1-3H3,(H,30,31)(H,26,27,32)/t14-/m1/s1. The van der Waals surface area contributed by atoms with Gasteiger partial charge < -0.3 is 15.2 Å². The smallest absolute Gasteiger partial charge is 0.354 e. The van der Waals surface area contributed by atoms with Crippen LogP contribution in [-0.2, 0) is 17.9 Å². The Kier molecular flexibility index (Phi) is 8.01. The molecule has 2 aromatic carbocycles. The molecule has 3 aromatic rings. The third-order valence-corrected chi connectivity index (χ3v) is 5.38. The fraction of sp³-hybridized carbons (Fsp3) is 0.304. The van der Waals surface area contributed by atoms with Crippen molar-refractivity contribution in [2.45, 2.75) is 40.0 Å². The number of hydrogen-bond donors (Lipinski definition) is 2. The number of halogens is 2. The van der Waals surface area contributed by atoms with E-state index in [0.717, 1.165) is 10.1 Å². The molecule has 0 bridgehead atoms. The van der Waals surface area contributed by atoms with Gasteiger partial charge in [0.15, 0.2) is 0 Å². The van der Waals surface area contributed by atoms with Crippen LogP contribution in [0.5, 0.6) is 5.75 Å². The van der Waals surface area contributed by atoms with Crippen molar-refractivity contribution >= 4 is 40.8 Å². The molecule has 0 aliphatic carbocycles. The topological polar surface area (TPSA) is 115 Å². The summed E-state index contributed by atoms with van der Waals surface area (Å²) in [5.41, 5.74) is -0.351. The quantitative estimate of drug-likeness (QED) is 0.450. The number of anilines is 2. The predicted octanol–water partition coefficient (Wildman–Crippen LogP) is 4.01. The molecule has 0 aliphatic rings. The lowest BCUT2D eigenvalue weighted by Crippen LogP contribution is -2.44. The number of nitrogens with one attached hydrogen (secondary N) is 1. The van der Waals surface area contributed by atoms with Crippen LogP contribution in [0.15, 0.2) is 52.1 Å². The Hall–Kier alpha value is -3.30. The molecule has 180 valence electrons. The molecule has 1 heterocycles. The second-order valence-electron chi connectivity index (χ2n) is 8.00. The summed E-state index contributed by atoms with van der Waals surface area (Å²) in [7, 11) is 0. The maximum atomic E-state index is 13.3. The van der Waals surface area contributed by atoms with Gasteiger partial charge in [0.2, 0.25) is 5.95 Å². The first kappa shape index (κ1) is 25.3. The van der Waals surface area contributed by atoms with Gasteiger partial charge in [0.1, 0.15) is 5.75 Å². The minimum absolute atomic E-state index is 0.0160. The zero-order chi connectivity index (χ0) is 25.0. The number of nitrogens with zero attached hydrogens (tertiary/aromatic N) is 3. The molecular formula is C23H24Cl2N4O5. The van der Waals surface area contributed by atoms with Crippen LogP contribution in [0.2, 0.25) is 10.0 Å². The van der Waals surface area contributed by atoms with Gasteiger partial charge in [0.25, 0.3) is 0 Å². The summed E-state index contributed by atoms with van der Waals surface area (Å²) in [4.78, 5) is 41.2. The molecule has 11 heteroatoms. The van der Waals surface area contributed by atoms with Gasteiger partial charge in [0, 0.05) is 17.3 Å². The number of rotatable bonds is 9. The van der Waals surface area contributed by atoms with E-state index in [9.17, 15) is 19.5 Å². The number of ether oxygens (including phenoxy) is 1. The lowest BCUT2D eigenvalue weighted by Gasteiger charge is -2.17. The molecule has 1 atom stereocenters. The molecule has 0 spiro atoms. The largest absolute Gasteiger partial charge is 0.489 e. The zero-order valence-electron chi connectivity index (χ0n) is 18.8. The van der Waals surface area contributed by atoms with Crippen LogP contribution in [0.4, 0.5) is 11.6 Å². The summed E-state index contributed by atoms with van der Waals surface area (Å²) in [6.45, 7) is 4.92. The van der Waals surface area contributed by atoms with Crippen molar-refractivity contribution in [1.29, 1.82) is 0 Å². The third kappa shape index (κ3) is 6.18. The molecule has 0 saturated heterocycles. The van der Waals surface area contributed by atoms with E-state index in [1.807, 2.05) is 13.8 Å².